The van der Waals surface area contributed by atoms with E-state index in [0.29, 0.717) is 42.1 Å². The summed E-state index contributed by atoms with van der Waals surface area (Å²) in [5.74, 6) is 1.56. The number of carbonyl (C=O) groups is 1. The third-order valence-corrected chi connectivity index (χ3v) is 8.23. The molecule has 1 fully saturated rings. The standard InChI is InChI=1S/C32H33ClN4O5/c1-39-17-15-37-28-18-22(32(38)40-2)7-9-27(28)34-29(37)19-36-13-10-21(11-14-36)26-4-3-5-30(35-26)42-20-23-6-8-25(33)24-12-16-41-31(23)24/h3-9,12,16,18,21H,10-11,13-15,17,19-20H2,1-2H3. The van der Waals surface area contributed by atoms with Crippen molar-refractivity contribution in [1.29, 1.82) is 0 Å². The molecule has 10 heteroatoms. The summed E-state index contributed by atoms with van der Waals surface area (Å²) in [6, 6.07) is 17.1. The molecule has 0 aliphatic carbocycles. The van der Waals surface area contributed by atoms with Gasteiger partial charge in [0, 0.05) is 42.3 Å². The summed E-state index contributed by atoms with van der Waals surface area (Å²) >= 11 is 6.28. The smallest absolute Gasteiger partial charge is 0.337 e. The van der Waals surface area contributed by atoms with Gasteiger partial charge in [-0.05, 0) is 62.3 Å². The third kappa shape index (κ3) is 5.86. The summed E-state index contributed by atoms with van der Waals surface area (Å²) in [6.45, 7) is 4.14. The topological polar surface area (TPSA) is 91.9 Å². The Morgan fingerprint density at radius 3 is 2.74 bits per heavy atom. The molecule has 9 nitrogen and oxygen atoms in total. The average Bonchev–Trinajstić information content (AvgIpc) is 3.65. The molecule has 0 spiro atoms. The summed E-state index contributed by atoms with van der Waals surface area (Å²) < 4.78 is 24.1. The molecule has 1 saturated heterocycles. The van der Waals surface area contributed by atoms with Gasteiger partial charge in [0.1, 0.15) is 18.0 Å². The fourth-order valence-corrected chi connectivity index (χ4v) is 5.86. The van der Waals surface area contributed by atoms with Crippen LogP contribution in [-0.2, 0) is 29.2 Å². The molecule has 5 aromatic rings. The third-order valence-electron chi connectivity index (χ3n) is 7.90. The lowest BCUT2D eigenvalue weighted by molar-refractivity contribution is 0.0601. The first-order valence-corrected chi connectivity index (χ1v) is 14.4. The Bertz CT molecular complexity index is 1710. The Labute approximate surface area is 249 Å². The van der Waals surface area contributed by atoms with Gasteiger partial charge in [-0.2, -0.15) is 0 Å². The summed E-state index contributed by atoms with van der Waals surface area (Å²) in [6.07, 6.45) is 3.62. The number of hydrogen-bond donors (Lipinski definition) is 0. The van der Waals surface area contributed by atoms with Crippen molar-refractivity contribution in [2.45, 2.75) is 38.5 Å². The summed E-state index contributed by atoms with van der Waals surface area (Å²) in [5.41, 5.74) is 5.00. The van der Waals surface area contributed by atoms with Crippen LogP contribution in [0, 0.1) is 0 Å². The molecule has 2 aromatic carbocycles. The predicted molar refractivity (Wildman–Crippen MR) is 160 cm³/mol. The van der Waals surface area contributed by atoms with Crippen molar-refractivity contribution >= 4 is 39.6 Å². The average molecular weight is 589 g/mol. The van der Waals surface area contributed by atoms with Crippen molar-refractivity contribution in [2.75, 3.05) is 33.9 Å². The molecule has 0 radical (unpaired) electrons. The molecule has 0 saturated carbocycles. The van der Waals surface area contributed by atoms with Crippen molar-refractivity contribution < 1.29 is 23.4 Å². The molecule has 0 N–H and O–H groups in total. The summed E-state index contributed by atoms with van der Waals surface area (Å²) in [4.78, 5) is 24.3. The fraction of sp³-hybridized carbons (Fsp3) is 0.344. The second-order valence-electron chi connectivity index (χ2n) is 10.5. The zero-order valence-corrected chi connectivity index (χ0v) is 24.5. The first kappa shape index (κ1) is 28.2. The van der Waals surface area contributed by atoms with Gasteiger partial charge in [-0.1, -0.05) is 23.7 Å². The SMILES string of the molecule is COCCn1c(CN2CCC(c3cccc(OCc4ccc(Cl)c5ccoc45)n3)CC2)nc2ccc(C(=O)OC)cc21. The molecule has 4 heterocycles. The molecule has 42 heavy (non-hydrogen) atoms. The Hall–Kier alpha value is -3.92. The van der Waals surface area contributed by atoms with Gasteiger partial charge in [0.15, 0.2) is 0 Å². The number of halogens is 1. The normalized spacial score (nSPS) is 14.5. The van der Waals surface area contributed by atoms with Crippen molar-refractivity contribution in [1.82, 2.24) is 19.4 Å². The van der Waals surface area contributed by atoms with Gasteiger partial charge >= 0.3 is 5.97 Å². The van der Waals surface area contributed by atoms with Crippen LogP contribution >= 0.6 is 11.6 Å². The number of esters is 1. The number of hydrogen-bond acceptors (Lipinski definition) is 8. The molecule has 1 aliphatic rings. The minimum absolute atomic E-state index is 0.348. The Balaban J connectivity index is 1.11. The highest BCUT2D eigenvalue weighted by Gasteiger charge is 2.24. The number of fused-ring (bicyclic) bond motifs is 2. The number of pyridine rings is 1. The van der Waals surface area contributed by atoms with Gasteiger partial charge in [0.05, 0.1) is 48.1 Å². The highest BCUT2D eigenvalue weighted by Crippen LogP contribution is 2.31. The summed E-state index contributed by atoms with van der Waals surface area (Å²) in [5, 5.41) is 1.54. The van der Waals surface area contributed by atoms with E-state index in [1.807, 2.05) is 42.5 Å². The molecule has 218 valence electrons. The number of ether oxygens (including phenoxy) is 3. The van der Waals surface area contributed by atoms with Crippen LogP contribution in [0.1, 0.15) is 46.2 Å². The van der Waals surface area contributed by atoms with Gasteiger partial charge in [0.2, 0.25) is 5.88 Å². The lowest BCUT2D eigenvalue weighted by atomic mass is 9.93. The Morgan fingerprint density at radius 2 is 1.93 bits per heavy atom. The first-order chi connectivity index (χ1) is 20.5. The van der Waals surface area contributed by atoms with Crippen LogP contribution in [0.3, 0.4) is 0 Å². The molecule has 3 aromatic heterocycles. The minimum atomic E-state index is -0.358. The van der Waals surface area contributed by atoms with Crippen LogP contribution in [-0.4, -0.2) is 59.3 Å². The van der Waals surface area contributed by atoms with Crippen molar-refractivity contribution in [3.05, 3.63) is 88.5 Å². The van der Waals surface area contributed by atoms with Crippen LogP contribution < -0.4 is 4.74 Å². The van der Waals surface area contributed by atoms with Crippen molar-refractivity contribution in [2.24, 2.45) is 0 Å². The Morgan fingerprint density at radius 1 is 1.07 bits per heavy atom. The molecule has 0 amide bonds. The van der Waals surface area contributed by atoms with Crippen LogP contribution in [0.25, 0.3) is 22.0 Å². The highest BCUT2D eigenvalue weighted by molar-refractivity contribution is 6.35. The second-order valence-corrected chi connectivity index (χ2v) is 10.9. The summed E-state index contributed by atoms with van der Waals surface area (Å²) in [7, 11) is 3.08. The maximum Gasteiger partial charge on any atom is 0.337 e. The monoisotopic (exact) mass is 588 g/mol. The number of aromatic nitrogens is 3. The second kappa shape index (κ2) is 12.5. The number of imidazole rings is 1. The van der Waals surface area contributed by atoms with Crippen LogP contribution in [0.15, 0.2) is 65.3 Å². The molecular formula is C32H33ClN4O5. The first-order valence-electron chi connectivity index (χ1n) is 14.1. The number of likely N-dealkylation sites (tertiary alicyclic amines) is 1. The number of benzene rings is 2. The number of methoxy groups -OCH3 is 2. The van der Waals surface area contributed by atoms with E-state index < -0.39 is 0 Å². The number of carbonyl (C=O) groups excluding carboxylic acids is 1. The van der Waals surface area contributed by atoms with Gasteiger partial charge in [-0.25, -0.2) is 14.8 Å². The highest BCUT2D eigenvalue weighted by atomic mass is 35.5. The van der Waals surface area contributed by atoms with Crippen LogP contribution in [0.2, 0.25) is 5.02 Å². The van der Waals surface area contributed by atoms with Crippen LogP contribution in [0.4, 0.5) is 0 Å². The van der Waals surface area contributed by atoms with Crippen molar-refractivity contribution in [3.63, 3.8) is 0 Å². The zero-order valence-electron chi connectivity index (χ0n) is 23.7. The number of piperidine rings is 1. The molecule has 0 atom stereocenters. The van der Waals surface area contributed by atoms with Gasteiger partial charge in [0.25, 0.3) is 0 Å². The maximum absolute atomic E-state index is 12.1. The number of rotatable bonds is 10. The van der Waals surface area contributed by atoms with E-state index in [-0.39, 0.29) is 5.97 Å². The van der Waals surface area contributed by atoms with E-state index in [0.717, 1.165) is 71.6 Å². The van der Waals surface area contributed by atoms with Gasteiger partial charge in [-0.15, -0.1) is 0 Å². The molecule has 1 aliphatic heterocycles. The largest absolute Gasteiger partial charge is 0.473 e. The molecule has 0 unspecified atom stereocenters. The molecule has 0 bridgehead atoms. The number of furan rings is 1. The fourth-order valence-electron chi connectivity index (χ4n) is 5.65. The van der Waals surface area contributed by atoms with E-state index in [9.17, 15) is 4.79 Å². The minimum Gasteiger partial charge on any atom is -0.473 e. The Kier molecular flexibility index (Phi) is 8.41. The zero-order chi connectivity index (χ0) is 29.1. The maximum atomic E-state index is 12.1. The lowest BCUT2D eigenvalue weighted by Crippen LogP contribution is -2.33. The van der Waals surface area contributed by atoms with Crippen LogP contribution in [0.5, 0.6) is 5.88 Å². The molecular weight excluding hydrogens is 556 g/mol. The predicted octanol–water partition coefficient (Wildman–Crippen LogP) is 6.22. The van der Waals surface area contributed by atoms with Gasteiger partial charge < -0.3 is 23.2 Å². The van der Waals surface area contributed by atoms with Crippen molar-refractivity contribution in [3.8, 4) is 5.88 Å². The van der Waals surface area contributed by atoms with E-state index in [1.54, 1.807) is 19.4 Å². The van der Waals surface area contributed by atoms with Gasteiger partial charge in [-0.3, -0.25) is 4.90 Å². The van der Waals surface area contributed by atoms with E-state index in [4.69, 9.17) is 40.2 Å². The van der Waals surface area contributed by atoms with E-state index in [2.05, 4.69) is 15.5 Å². The number of nitrogens with zero attached hydrogens (tertiary/aromatic N) is 4. The quantitative estimate of drug-likeness (QED) is 0.178. The lowest BCUT2D eigenvalue weighted by Gasteiger charge is -2.31. The molecule has 6 rings (SSSR count). The van der Waals surface area contributed by atoms with E-state index >= 15 is 0 Å². The van der Waals surface area contributed by atoms with E-state index in [1.165, 1.54) is 7.11 Å².